The lowest BCUT2D eigenvalue weighted by molar-refractivity contribution is 0.157. The van der Waals surface area contributed by atoms with Gasteiger partial charge in [0.15, 0.2) is 23.0 Å². The standard InChI is InChI=1S/C19H22O6/c1-23-16-9-12(3-4-15(16)22)18-14(10-21)13-7-11(5-6-20)8-17(24-2)19(13)25-18/h3-4,7-9,14,18,20-22H,5-6,10H2,1-2H3. The van der Waals surface area contributed by atoms with Gasteiger partial charge in [0, 0.05) is 12.2 Å². The molecule has 25 heavy (non-hydrogen) atoms. The van der Waals surface area contributed by atoms with Crippen LogP contribution in [0.1, 0.15) is 28.7 Å². The maximum atomic E-state index is 9.96. The molecule has 0 fully saturated rings. The van der Waals surface area contributed by atoms with E-state index in [0.717, 1.165) is 16.7 Å². The first kappa shape index (κ1) is 17.4. The van der Waals surface area contributed by atoms with E-state index in [-0.39, 0.29) is 24.9 Å². The van der Waals surface area contributed by atoms with Crippen molar-refractivity contribution in [3.05, 3.63) is 47.0 Å². The summed E-state index contributed by atoms with van der Waals surface area (Å²) in [4.78, 5) is 0. The molecule has 0 radical (unpaired) electrons. The molecule has 0 amide bonds. The molecule has 134 valence electrons. The van der Waals surface area contributed by atoms with Crippen molar-refractivity contribution in [3.8, 4) is 23.0 Å². The molecule has 1 aliphatic heterocycles. The summed E-state index contributed by atoms with van der Waals surface area (Å²) in [6, 6.07) is 8.77. The fraction of sp³-hybridized carbons (Fsp3) is 0.368. The van der Waals surface area contributed by atoms with E-state index >= 15 is 0 Å². The van der Waals surface area contributed by atoms with Crippen LogP contribution in [0.3, 0.4) is 0 Å². The quantitative estimate of drug-likeness (QED) is 0.743. The summed E-state index contributed by atoms with van der Waals surface area (Å²) in [5.74, 6) is 1.29. The molecule has 0 saturated carbocycles. The molecule has 0 saturated heterocycles. The van der Waals surface area contributed by atoms with Crippen LogP contribution in [0.15, 0.2) is 30.3 Å². The number of aromatic hydroxyl groups is 1. The molecule has 0 aromatic heterocycles. The van der Waals surface area contributed by atoms with Crippen molar-refractivity contribution in [3.63, 3.8) is 0 Å². The van der Waals surface area contributed by atoms with Crippen molar-refractivity contribution in [2.24, 2.45) is 0 Å². The van der Waals surface area contributed by atoms with Crippen molar-refractivity contribution < 1.29 is 29.5 Å². The summed E-state index contributed by atoms with van der Waals surface area (Å²) in [5.41, 5.74) is 2.56. The summed E-state index contributed by atoms with van der Waals surface area (Å²) < 4.78 is 16.7. The molecule has 3 N–H and O–H groups in total. The summed E-state index contributed by atoms with van der Waals surface area (Å²) >= 11 is 0. The van der Waals surface area contributed by atoms with Crippen LogP contribution in [0.5, 0.6) is 23.0 Å². The van der Waals surface area contributed by atoms with Crippen LogP contribution >= 0.6 is 0 Å². The number of methoxy groups -OCH3 is 2. The van der Waals surface area contributed by atoms with Crippen LogP contribution in [0.4, 0.5) is 0 Å². The highest BCUT2D eigenvalue weighted by Crippen LogP contribution is 2.51. The van der Waals surface area contributed by atoms with Crippen molar-refractivity contribution in [1.82, 2.24) is 0 Å². The SMILES string of the molecule is COc1cc(C2Oc3c(OC)cc(CCO)cc3C2CO)ccc1O. The van der Waals surface area contributed by atoms with Crippen molar-refractivity contribution in [2.75, 3.05) is 27.4 Å². The highest BCUT2D eigenvalue weighted by atomic mass is 16.5. The Bertz CT molecular complexity index is 758. The first-order chi connectivity index (χ1) is 12.1. The van der Waals surface area contributed by atoms with E-state index in [9.17, 15) is 15.3 Å². The average molecular weight is 346 g/mol. The molecule has 6 heteroatoms. The van der Waals surface area contributed by atoms with Crippen molar-refractivity contribution in [2.45, 2.75) is 18.4 Å². The third kappa shape index (κ3) is 3.10. The second kappa shape index (κ2) is 7.21. The van der Waals surface area contributed by atoms with Gasteiger partial charge in [-0.25, -0.2) is 0 Å². The topological polar surface area (TPSA) is 88.4 Å². The molecule has 1 aliphatic rings. The Balaban J connectivity index is 2.04. The van der Waals surface area contributed by atoms with Gasteiger partial charge < -0.3 is 29.5 Å². The van der Waals surface area contributed by atoms with Crippen LogP contribution in [0.2, 0.25) is 0 Å². The van der Waals surface area contributed by atoms with Gasteiger partial charge in [-0.2, -0.15) is 0 Å². The van der Waals surface area contributed by atoms with Crippen LogP contribution in [-0.4, -0.2) is 42.8 Å². The van der Waals surface area contributed by atoms with E-state index in [1.807, 2.05) is 12.1 Å². The first-order valence-corrected chi connectivity index (χ1v) is 8.09. The number of rotatable bonds is 6. The van der Waals surface area contributed by atoms with E-state index in [1.165, 1.54) is 7.11 Å². The van der Waals surface area contributed by atoms with Crippen LogP contribution in [-0.2, 0) is 6.42 Å². The summed E-state index contributed by atoms with van der Waals surface area (Å²) in [5, 5.41) is 29.0. The van der Waals surface area contributed by atoms with Gasteiger partial charge in [0.2, 0.25) is 0 Å². The minimum absolute atomic E-state index is 0.0329. The lowest BCUT2D eigenvalue weighted by Crippen LogP contribution is -2.13. The minimum Gasteiger partial charge on any atom is -0.504 e. The predicted octanol–water partition coefficient (Wildman–Crippen LogP) is 2.15. The zero-order valence-electron chi connectivity index (χ0n) is 14.2. The average Bonchev–Trinajstić information content (AvgIpc) is 3.00. The number of benzene rings is 2. The second-order valence-corrected chi connectivity index (χ2v) is 5.95. The molecule has 2 unspecified atom stereocenters. The molecular formula is C19H22O6. The summed E-state index contributed by atoms with van der Waals surface area (Å²) in [6.45, 7) is -0.0717. The van der Waals surface area contributed by atoms with Crippen LogP contribution in [0.25, 0.3) is 0 Å². The number of ether oxygens (including phenoxy) is 3. The van der Waals surface area contributed by atoms with Gasteiger partial charge in [0.1, 0.15) is 6.10 Å². The normalized spacial score (nSPS) is 18.6. The predicted molar refractivity (Wildman–Crippen MR) is 91.6 cm³/mol. The Morgan fingerprint density at radius 3 is 2.44 bits per heavy atom. The van der Waals surface area contributed by atoms with Crippen molar-refractivity contribution in [1.29, 1.82) is 0 Å². The van der Waals surface area contributed by atoms with Gasteiger partial charge >= 0.3 is 0 Å². The molecule has 0 bridgehead atoms. The molecule has 2 atom stereocenters. The van der Waals surface area contributed by atoms with E-state index in [0.29, 0.717) is 23.7 Å². The molecule has 6 nitrogen and oxygen atoms in total. The van der Waals surface area contributed by atoms with Gasteiger partial charge in [-0.1, -0.05) is 12.1 Å². The molecule has 0 spiro atoms. The molecule has 1 heterocycles. The number of hydrogen-bond donors (Lipinski definition) is 3. The van der Waals surface area contributed by atoms with Gasteiger partial charge in [-0.05, 0) is 35.7 Å². The Hall–Kier alpha value is -2.44. The largest absolute Gasteiger partial charge is 0.504 e. The highest BCUT2D eigenvalue weighted by molar-refractivity contribution is 5.55. The summed E-state index contributed by atoms with van der Waals surface area (Å²) in [7, 11) is 3.05. The lowest BCUT2D eigenvalue weighted by atomic mass is 9.90. The molecular weight excluding hydrogens is 324 g/mol. The zero-order valence-corrected chi connectivity index (χ0v) is 14.2. The van der Waals surface area contributed by atoms with Gasteiger partial charge in [0.05, 0.1) is 26.7 Å². The second-order valence-electron chi connectivity index (χ2n) is 5.95. The number of phenolic OH excluding ortho intramolecular Hbond substituents is 1. The maximum absolute atomic E-state index is 9.96. The Kier molecular flexibility index (Phi) is 5.01. The number of hydrogen-bond acceptors (Lipinski definition) is 6. The van der Waals surface area contributed by atoms with Crippen molar-refractivity contribution >= 4 is 0 Å². The minimum atomic E-state index is -0.423. The fourth-order valence-electron chi connectivity index (χ4n) is 3.25. The van der Waals surface area contributed by atoms with Gasteiger partial charge in [-0.15, -0.1) is 0 Å². The van der Waals surface area contributed by atoms with E-state index in [1.54, 1.807) is 25.3 Å². The molecule has 0 aliphatic carbocycles. The van der Waals surface area contributed by atoms with Crippen LogP contribution < -0.4 is 14.2 Å². The lowest BCUT2D eigenvalue weighted by Gasteiger charge is -2.18. The van der Waals surface area contributed by atoms with E-state index in [2.05, 4.69) is 0 Å². The maximum Gasteiger partial charge on any atom is 0.165 e. The summed E-state index contributed by atoms with van der Waals surface area (Å²) in [6.07, 6.45) is 0.0761. The smallest absolute Gasteiger partial charge is 0.165 e. The molecule has 2 aromatic rings. The third-order valence-corrected chi connectivity index (χ3v) is 4.50. The number of fused-ring (bicyclic) bond motifs is 1. The first-order valence-electron chi connectivity index (χ1n) is 8.09. The Labute approximate surface area is 146 Å². The zero-order chi connectivity index (χ0) is 18.0. The van der Waals surface area contributed by atoms with Gasteiger partial charge in [0.25, 0.3) is 0 Å². The van der Waals surface area contributed by atoms with Gasteiger partial charge in [-0.3, -0.25) is 0 Å². The third-order valence-electron chi connectivity index (χ3n) is 4.50. The number of aliphatic hydroxyl groups is 2. The molecule has 3 rings (SSSR count). The fourth-order valence-corrected chi connectivity index (χ4v) is 3.25. The number of phenols is 1. The van der Waals surface area contributed by atoms with E-state index < -0.39 is 6.10 Å². The number of aliphatic hydroxyl groups excluding tert-OH is 2. The molecule has 2 aromatic carbocycles. The van der Waals surface area contributed by atoms with Crippen LogP contribution in [0, 0.1) is 0 Å². The van der Waals surface area contributed by atoms with E-state index in [4.69, 9.17) is 14.2 Å². The Morgan fingerprint density at radius 1 is 1.04 bits per heavy atom. The highest BCUT2D eigenvalue weighted by Gasteiger charge is 2.37. The monoisotopic (exact) mass is 346 g/mol. The Morgan fingerprint density at radius 2 is 1.80 bits per heavy atom.